The van der Waals surface area contributed by atoms with Crippen molar-refractivity contribution in [1.82, 2.24) is 5.32 Å². The molecule has 1 saturated heterocycles. The molecule has 0 aromatic heterocycles. The van der Waals surface area contributed by atoms with Crippen LogP contribution in [0.25, 0.3) is 0 Å². The van der Waals surface area contributed by atoms with Gasteiger partial charge in [-0.05, 0) is 55.2 Å². The number of aliphatic hydroxyl groups excluding tert-OH is 1. The third-order valence-corrected chi connectivity index (χ3v) is 4.64. The predicted molar refractivity (Wildman–Crippen MR) is 96.2 cm³/mol. The van der Waals surface area contributed by atoms with Gasteiger partial charge in [-0.15, -0.1) is 0 Å². The number of carbonyl (C=O) groups is 1. The van der Waals surface area contributed by atoms with Crippen molar-refractivity contribution >= 4 is 11.6 Å². The number of benzene rings is 2. The number of amides is 1. The number of nitrogens with zero attached hydrogens (tertiary/aromatic N) is 1. The Hall–Kier alpha value is -2.40. The van der Waals surface area contributed by atoms with Crippen molar-refractivity contribution in [2.24, 2.45) is 0 Å². The minimum atomic E-state index is -0.200. The monoisotopic (exact) mass is 342 g/mol. The highest BCUT2D eigenvalue weighted by atomic mass is 19.1. The third-order valence-electron chi connectivity index (χ3n) is 4.64. The fourth-order valence-electron chi connectivity index (χ4n) is 3.21. The lowest BCUT2D eigenvalue weighted by Gasteiger charge is -2.34. The van der Waals surface area contributed by atoms with Crippen LogP contribution in [0, 0.1) is 12.7 Å². The summed E-state index contributed by atoms with van der Waals surface area (Å²) < 4.78 is 14.0. The number of piperidine rings is 1. The number of rotatable bonds is 4. The average molecular weight is 342 g/mol. The van der Waals surface area contributed by atoms with Crippen LogP contribution in [0.3, 0.4) is 0 Å². The van der Waals surface area contributed by atoms with E-state index in [1.807, 2.05) is 17.9 Å². The Labute approximate surface area is 147 Å². The van der Waals surface area contributed by atoms with Gasteiger partial charge in [-0.2, -0.15) is 0 Å². The molecular weight excluding hydrogens is 319 g/mol. The smallest absolute Gasteiger partial charge is 0.251 e. The summed E-state index contributed by atoms with van der Waals surface area (Å²) in [6.45, 7) is 3.29. The van der Waals surface area contributed by atoms with Crippen molar-refractivity contribution in [3.63, 3.8) is 0 Å². The summed E-state index contributed by atoms with van der Waals surface area (Å²) in [7, 11) is 0. The molecule has 0 unspecified atom stereocenters. The Morgan fingerprint density at radius 1 is 1.24 bits per heavy atom. The van der Waals surface area contributed by atoms with Crippen molar-refractivity contribution in [2.75, 3.05) is 18.0 Å². The van der Waals surface area contributed by atoms with E-state index >= 15 is 0 Å². The van der Waals surface area contributed by atoms with E-state index in [9.17, 15) is 14.3 Å². The first kappa shape index (κ1) is 17.4. The minimum absolute atomic E-state index is 0.0782. The highest BCUT2D eigenvalue weighted by Crippen LogP contribution is 2.24. The quantitative estimate of drug-likeness (QED) is 0.898. The minimum Gasteiger partial charge on any atom is -0.392 e. The Kier molecular flexibility index (Phi) is 5.34. The summed E-state index contributed by atoms with van der Waals surface area (Å²) in [4.78, 5) is 14.4. The maximum absolute atomic E-state index is 14.0. The van der Waals surface area contributed by atoms with Crippen LogP contribution in [0.5, 0.6) is 0 Å². The van der Waals surface area contributed by atoms with Gasteiger partial charge in [0.1, 0.15) is 5.82 Å². The SMILES string of the molecule is Cc1ccc(F)c(N2CCC(NC(=O)c3cccc(CO)c3)CC2)c1. The molecule has 0 saturated carbocycles. The Morgan fingerprint density at radius 3 is 2.72 bits per heavy atom. The average Bonchev–Trinajstić information content (AvgIpc) is 2.64. The van der Waals surface area contributed by atoms with Crippen LogP contribution in [0.2, 0.25) is 0 Å². The van der Waals surface area contributed by atoms with Crippen molar-refractivity contribution in [1.29, 1.82) is 0 Å². The molecule has 1 aliphatic heterocycles. The first-order valence-corrected chi connectivity index (χ1v) is 8.58. The lowest BCUT2D eigenvalue weighted by atomic mass is 10.0. The van der Waals surface area contributed by atoms with Gasteiger partial charge in [0.2, 0.25) is 0 Å². The Balaban J connectivity index is 1.59. The summed E-state index contributed by atoms with van der Waals surface area (Å²) in [5.74, 6) is -0.329. The summed E-state index contributed by atoms with van der Waals surface area (Å²) >= 11 is 0. The van der Waals surface area contributed by atoms with E-state index in [0.717, 1.165) is 24.0 Å². The van der Waals surface area contributed by atoms with E-state index in [1.54, 1.807) is 30.3 Å². The molecule has 0 aliphatic carbocycles. The van der Waals surface area contributed by atoms with Gasteiger partial charge in [0.25, 0.3) is 5.91 Å². The molecule has 5 heteroatoms. The van der Waals surface area contributed by atoms with E-state index in [0.29, 0.717) is 24.3 Å². The zero-order valence-corrected chi connectivity index (χ0v) is 14.3. The lowest BCUT2D eigenvalue weighted by Crippen LogP contribution is -2.45. The van der Waals surface area contributed by atoms with Gasteiger partial charge in [-0.1, -0.05) is 18.2 Å². The summed E-state index contributed by atoms with van der Waals surface area (Å²) in [5.41, 5.74) is 2.95. The zero-order chi connectivity index (χ0) is 17.8. The number of aryl methyl sites for hydroxylation is 1. The molecule has 132 valence electrons. The van der Waals surface area contributed by atoms with Gasteiger partial charge in [-0.3, -0.25) is 4.79 Å². The van der Waals surface area contributed by atoms with Crippen LogP contribution in [0.1, 0.15) is 34.3 Å². The van der Waals surface area contributed by atoms with E-state index in [4.69, 9.17) is 0 Å². The lowest BCUT2D eigenvalue weighted by molar-refractivity contribution is 0.0931. The van der Waals surface area contributed by atoms with E-state index in [-0.39, 0.29) is 24.4 Å². The molecule has 1 aliphatic rings. The summed E-state index contributed by atoms with van der Waals surface area (Å²) in [6, 6.07) is 12.2. The van der Waals surface area contributed by atoms with Gasteiger partial charge >= 0.3 is 0 Å². The molecule has 2 aromatic carbocycles. The number of hydrogen-bond acceptors (Lipinski definition) is 3. The molecule has 1 amide bonds. The second-order valence-electron chi connectivity index (χ2n) is 6.55. The van der Waals surface area contributed by atoms with Crippen molar-refractivity contribution in [2.45, 2.75) is 32.4 Å². The largest absolute Gasteiger partial charge is 0.392 e. The van der Waals surface area contributed by atoms with Crippen LogP contribution in [0.4, 0.5) is 10.1 Å². The predicted octanol–water partition coefficient (Wildman–Crippen LogP) is 3.03. The molecule has 0 radical (unpaired) electrons. The summed E-state index contributed by atoms with van der Waals surface area (Å²) in [6.07, 6.45) is 1.55. The number of nitrogens with one attached hydrogen (secondary N) is 1. The van der Waals surface area contributed by atoms with Crippen molar-refractivity contribution < 1.29 is 14.3 Å². The molecule has 3 rings (SSSR count). The normalized spacial score (nSPS) is 15.2. The van der Waals surface area contributed by atoms with Crippen LogP contribution in [0.15, 0.2) is 42.5 Å². The second-order valence-corrected chi connectivity index (χ2v) is 6.55. The number of anilines is 1. The number of hydrogen-bond donors (Lipinski definition) is 2. The van der Waals surface area contributed by atoms with Crippen LogP contribution >= 0.6 is 0 Å². The molecule has 1 fully saturated rings. The number of halogens is 1. The summed E-state index contributed by atoms with van der Waals surface area (Å²) in [5, 5.41) is 12.2. The molecule has 4 nitrogen and oxygen atoms in total. The molecule has 2 N–H and O–H groups in total. The topological polar surface area (TPSA) is 52.6 Å². The second kappa shape index (κ2) is 7.66. The molecule has 2 aromatic rings. The maximum Gasteiger partial charge on any atom is 0.251 e. The van der Waals surface area contributed by atoms with E-state index < -0.39 is 0 Å². The number of carbonyl (C=O) groups excluding carboxylic acids is 1. The van der Waals surface area contributed by atoms with Gasteiger partial charge in [0.15, 0.2) is 0 Å². The highest BCUT2D eigenvalue weighted by molar-refractivity contribution is 5.94. The van der Waals surface area contributed by atoms with Gasteiger partial charge in [-0.25, -0.2) is 4.39 Å². The van der Waals surface area contributed by atoms with Gasteiger partial charge < -0.3 is 15.3 Å². The first-order valence-electron chi connectivity index (χ1n) is 8.58. The van der Waals surface area contributed by atoms with Crippen LogP contribution in [-0.4, -0.2) is 30.1 Å². The molecule has 0 atom stereocenters. The highest BCUT2D eigenvalue weighted by Gasteiger charge is 2.23. The zero-order valence-electron chi connectivity index (χ0n) is 14.3. The third kappa shape index (κ3) is 4.17. The van der Waals surface area contributed by atoms with Gasteiger partial charge in [0, 0.05) is 24.7 Å². The van der Waals surface area contributed by atoms with E-state index in [2.05, 4.69) is 5.32 Å². The fraction of sp³-hybridized carbons (Fsp3) is 0.350. The fourth-order valence-corrected chi connectivity index (χ4v) is 3.21. The Morgan fingerprint density at radius 2 is 2.00 bits per heavy atom. The van der Waals surface area contributed by atoms with Crippen molar-refractivity contribution in [3.05, 3.63) is 65.0 Å². The molecule has 0 spiro atoms. The maximum atomic E-state index is 14.0. The van der Waals surface area contributed by atoms with Crippen LogP contribution in [-0.2, 0) is 6.61 Å². The van der Waals surface area contributed by atoms with Crippen LogP contribution < -0.4 is 10.2 Å². The van der Waals surface area contributed by atoms with E-state index in [1.165, 1.54) is 6.07 Å². The molecule has 25 heavy (non-hydrogen) atoms. The standard InChI is InChI=1S/C20H23FN2O2/c1-14-5-6-18(21)19(11-14)23-9-7-17(8-10-23)22-20(25)16-4-2-3-15(12-16)13-24/h2-6,11-12,17,24H,7-10,13H2,1H3,(H,22,25). The molecule has 1 heterocycles. The van der Waals surface area contributed by atoms with Crippen molar-refractivity contribution in [3.8, 4) is 0 Å². The van der Waals surface area contributed by atoms with Gasteiger partial charge in [0.05, 0.1) is 12.3 Å². The Bertz CT molecular complexity index is 755. The number of aliphatic hydroxyl groups is 1. The molecular formula is C20H23FN2O2. The first-order chi connectivity index (χ1) is 12.1. The molecule has 0 bridgehead atoms.